The Morgan fingerprint density at radius 2 is 1.58 bits per heavy atom. The third kappa shape index (κ3) is 9.25. The first kappa shape index (κ1) is 17.6. The van der Waals surface area contributed by atoms with Crippen molar-refractivity contribution in [3.8, 4) is 0 Å². The molecule has 0 heterocycles. The molecule has 0 fully saturated rings. The van der Waals surface area contributed by atoms with Crippen molar-refractivity contribution in [2.75, 3.05) is 5.75 Å². The smallest absolute Gasteiger partial charge is 0.171 e. The Morgan fingerprint density at radius 3 is 2.16 bits per heavy atom. The minimum absolute atomic E-state index is 0.154. The Bertz CT molecular complexity index is 501. The summed E-state index contributed by atoms with van der Waals surface area (Å²) < 4.78 is 23.5. The quantitative estimate of drug-likeness (QED) is 0.650. The average molecular weight is 280 g/mol. The minimum Gasteiger partial charge on any atom is -0.224 e. The first-order valence-electron chi connectivity index (χ1n) is 6.40. The van der Waals surface area contributed by atoms with Gasteiger partial charge in [0.2, 0.25) is 0 Å². The van der Waals surface area contributed by atoms with Gasteiger partial charge in [-0.15, -0.1) is 0 Å². The summed E-state index contributed by atoms with van der Waals surface area (Å²) in [6, 6.07) is 0. The maximum Gasteiger partial charge on any atom is 0.171 e. The van der Waals surface area contributed by atoms with Crippen LogP contribution in [0.25, 0.3) is 0 Å². The summed E-state index contributed by atoms with van der Waals surface area (Å²) in [4.78, 5) is 0. The molecule has 0 aromatic carbocycles. The number of sulfone groups is 1. The highest BCUT2D eigenvalue weighted by atomic mass is 32.2. The van der Waals surface area contributed by atoms with Crippen LogP contribution in [-0.2, 0) is 9.84 Å². The van der Waals surface area contributed by atoms with Crippen LogP contribution in [0.2, 0.25) is 0 Å². The summed E-state index contributed by atoms with van der Waals surface area (Å²) in [6.07, 6.45) is 13.3. The third-order valence-electron chi connectivity index (χ3n) is 2.66. The van der Waals surface area contributed by atoms with E-state index < -0.39 is 9.84 Å². The van der Waals surface area contributed by atoms with Gasteiger partial charge in [0.1, 0.15) is 0 Å². The normalized spacial score (nSPS) is 15.2. The summed E-state index contributed by atoms with van der Waals surface area (Å²) in [5.41, 5.74) is 2.24. The number of allylic oxidation sites excluding steroid dienone is 9. The SMILES string of the molecule is C\C=C/C=C\C=C\S(=O)(=O)CC/C(C)=C(C)/C=C\C. The van der Waals surface area contributed by atoms with E-state index in [0.717, 1.165) is 11.1 Å². The van der Waals surface area contributed by atoms with Crippen LogP contribution in [0.15, 0.2) is 59.1 Å². The van der Waals surface area contributed by atoms with Gasteiger partial charge in [0.25, 0.3) is 0 Å². The van der Waals surface area contributed by atoms with Crippen LogP contribution in [0.4, 0.5) is 0 Å². The van der Waals surface area contributed by atoms with Gasteiger partial charge < -0.3 is 0 Å². The lowest BCUT2D eigenvalue weighted by atomic mass is 10.1. The molecule has 3 heteroatoms. The van der Waals surface area contributed by atoms with Crippen molar-refractivity contribution in [3.63, 3.8) is 0 Å². The number of rotatable bonds is 7. The molecule has 0 aromatic heterocycles. The maximum atomic E-state index is 11.8. The van der Waals surface area contributed by atoms with Crippen molar-refractivity contribution in [1.29, 1.82) is 0 Å². The van der Waals surface area contributed by atoms with Crippen LogP contribution in [0, 0.1) is 0 Å². The predicted octanol–water partition coefficient (Wildman–Crippen LogP) is 4.35. The molecule has 2 nitrogen and oxygen atoms in total. The predicted molar refractivity (Wildman–Crippen MR) is 84.7 cm³/mol. The second-order valence-electron chi connectivity index (χ2n) is 4.32. The summed E-state index contributed by atoms with van der Waals surface area (Å²) in [5.74, 6) is 0.154. The summed E-state index contributed by atoms with van der Waals surface area (Å²) in [5, 5.41) is 1.27. The lowest BCUT2D eigenvalue weighted by Crippen LogP contribution is -2.03. The van der Waals surface area contributed by atoms with E-state index in [1.165, 1.54) is 5.41 Å². The van der Waals surface area contributed by atoms with E-state index in [2.05, 4.69) is 0 Å². The molecule has 106 valence electrons. The molecule has 0 aliphatic heterocycles. The Labute approximate surface area is 117 Å². The summed E-state index contributed by atoms with van der Waals surface area (Å²) in [6.45, 7) is 7.83. The fourth-order valence-electron chi connectivity index (χ4n) is 1.36. The summed E-state index contributed by atoms with van der Waals surface area (Å²) >= 11 is 0. The van der Waals surface area contributed by atoms with Crippen molar-refractivity contribution in [3.05, 3.63) is 59.1 Å². The molecule has 0 saturated heterocycles. The Balaban J connectivity index is 4.52. The molecule has 0 spiro atoms. The molecule has 0 aliphatic rings. The molecule has 0 aliphatic carbocycles. The fourth-order valence-corrected chi connectivity index (χ4v) is 2.41. The van der Waals surface area contributed by atoms with Crippen molar-refractivity contribution < 1.29 is 8.42 Å². The highest BCUT2D eigenvalue weighted by molar-refractivity contribution is 7.94. The van der Waals surface area contributed by atoms with Gasteiger partial charge in [-0.2, -0.15) is 0 Å². The molecule has 0 N–H and O–H groups in total. The zero-order valence-corrected chi connectivity index (χ0v) is 13.1. The zero-order chi connectivity index (χ0) is 14.7. The van der Waals surface area contributed by atoms with E-state index in [1.54, 1.807) is 18.2 Å². The van der Waals surface area contributed by atoms with E-state index in [0.29, 0.717) is 6.42 Å². The first-order valence-corrected chi connectivity index (χ1v) is 8.12. The van der Waals surface area contributed by atoms with Crippen molar-refractivity contribution in [1.82, 2.24) is 0 Å². The molecular weight excluding hydrogens is 256 g/mol. The Morgan fingerprint density at radius 1 is 0.947 bits per heavy atom. The molecule has 0 atom stereocenters. The lowest BCUT2D eigenvalue weighted by Gasteiger charge is -2.03. The maximum absolute atomic E-state index is 11.8. The molecule has 0 bridgehead atoms. The molecule has 0 saturated carbocycles. The van der Waals surface area contributed by atoms with Gasteiger partial charge in [-0.05, 0) is 34.1 Å². The van der Waals surface area contributed by atoms with E-state index >= 15 is 0 Å². The van der Waals surface area contributed by atoms with Crippen LogP contribution in [0.5, 0.6) is 0 Å². The van der Waals surface area contributed by atoms with Gasteiger partial charge in [0, 0.05) is 5.41 Å². The Kier molecular flexibility index (Phi) is 8.88. The van der Waals surface area contributed by atoms with Crippen molar-refractivity contribution in [2.45, 2.75) is 34.1 Å². The van der Waals surface area contributed by atoms with Crippen LogP contribution in [0.3, 0.4) is 0 Å². The molecule has 0 aromatic rings. The average Bonchev–Trinajstić information content (AvgIpc) is 2.36. The van der Waals surface area contributed by atoms with Gasteiger partial charge in [0.05, 0.1) is 5.75 Å². The van der Waals surface area contributed by atoms with E-state index in [4.69, 9.17) is 0 Å². The first-order chi connectivity index (χ1) is 8.93. The van der Waals surface area contributed by atoms with Crippen LogP contribution in [0.1, 0.15) is 34.1 Å². The van der Waals surface area contributed by atoms with E-state index in [9.17, 15) is 8.42 Å². The van der Waals surface area contributed by atoms with Gasteiger partial charge in [-0.1, -0.05) is 53.7 Å². The molecule has 0 unspecified atom stereocenters. The van der Waals surface area contributed by atoms with E-state index in [-0.39, 0.29) is 5.75 Å². The monoisotopic (exact) mass is 280 g/mol. The molecule has 0 rings (SSSR count). The zero-order valence-electron chi connectivity index (χ0n) is 12.3. The topological polar surface area (TPSA) is 34.1 Å². The molecular formula is C16H24O2S. The lowest BCUT2D eigenvalue weighted by molar-refractivity contribution is 0.603. The standard InChI is InChI=1S/C16H24O2S/c1-5-7-8-9-10-13-19(17,18)14-12-16(4)15(3)11-6-2/h5-11,13H,12,14H2,1-4H3/b7-5-,9-8-,11-6-,13-10+,16-15+. The third-order valence-corrected chi connectivity index (χ3v) is 4.01. The Hall–Kier alpha value is -1.35. The van der Waals surface area contributed by atoms with Gasteiger partial charge >= 0.3 is 0 Å². The molecule has 0 amide bonds. The van der Waals surface area contributed by atoms with Crippen LogP contribution in [-0.4, -0.2) is 14.2 Å². The minimum atomic E-state index is -3.13. The van der Waals surface area contributed by atoms with E-state index in [1.807, 2.05) is 52.0 Å². The second kappa shape index (κ2) is 9.56. The summed E-state index contributed by atoms with van der Waals surface area (Å²) in [7, 11) is -3.13. The molecule has 0 radical (unpaired) electrons. The highest BCUT2D eigenvalue weighted by Gasteiger charge is 2.06. The number of hydrogen-bond donors (Lipinski definition) is 0. The molecule has 19 heavy (non-hydrogen) atoms. The fraction of sp³-hybridized carbons (Fsp3) is 0.375. The second-order valence-corrected chi connectivity index (χ2v) is 6.33. The van der Waals surface area contributed by atoms with Crippen LogP contribution >= 0.6 is 0 Å². The highest BCUT2D eigenvalue weighted by Crippen LogP contribution is 2.11. The van der Waals surface area contributed by atoms with Crippen LogP contribution < -0.4 is 0 Å². The largest absolute Gasteiger partial charge is 0.224 e. The van der Waals surface area contributed by atoms with Gasteiger partial charge in [0.15, 0.2) is 9.84 Å². The van der Waals surface area contributed by atoms with Crippen molar-refractivity contribution in [2.24, 2.45) is 0 Å². The van der Waals surface area contributed by atoms with Gasteiger partial charge in [-0.25, -0.2) is 8.42 Å². The van der Waals surface area contributed by atoms with Crippen molar-refractivity contribution >= 4 is 9.84 Å². The number of hydrogen-bond acceptors (Lipinski definition) is 2. The van der Waals surface area contributed by atoms with Gasteiger partial charge in [-0.3, -0.25) is 0 Å².